The van der Waals surface area contributed by atoms with Crippen LogP contribution < -0.4 is 5.73 Å². The van der Waals surface area contributed by atoms with E-state index in [0.29, 0.717) is 6.54 Å². The van der Waals surface area contributed by atoms with Crippen LogP contribution in [0.5, 0.6) is 0 Å². The van der Waals surface area contributed by atoms with Crippen LogP contribution in [0.1, 0.15) is 13.3 Å². The van der Waals surface area contributed by atoms with Gasteiger partial charge < -0.3 is 5.73 Å². The van der Waals surface area contributed by atoms with Crippen LogP contribution in [-0.4, -0.2) is 6.54 Å². The summed E-state index contributed by atoms with van der Waals surface area (Å²) in [4.78, 5) is 0. The average Bonchev–Trinajstić information content (AvgIpc) is 1.90. The predicted octanol–water partition coefficient (Wildman–Crippen LogP) is 2.02. The van der Waals surface area contributed by atoms with Gasteiger partial charge in [-0.05, 0) is 25.5 Å². The van der Waals surface area contributed by atoms with Crippen LogP contribution in [0.4, 0.5) is 0 Å². The molecule has 0 aromatic rings. The first-order valence-electron chi connectivity index (χ1n) is 3.49. The summed E-state index contributed by atoms with van der Waals surface area (Å²) >= 11 is 0. The lowest BCUT2D eigenvalue weighted by atomic mass is 10.1. The van der Waals surface area contributed by atoms with E-state index in [1.807, 2.05) is 19.1 Å². The minimum absolute atomic E-state index is 0.698. The standard InChI is InChI=1S/C9H15N/c1-3-5-9(6-4-2)7-8-10/h3-6H,1,7-8,10H2,2H3/b6-4-,9-5+. The third-order valence-corrected chi connectivity index (χ3v) is 1.15. The van der Waals surface area contributed by atoms with Crippen molar-refractivity contribution in [2.45, 2.75) is 13.3 Å². The molecule has 0 aliphatic rings. The van der Waals surface area contributed by atoms with Gasteiger partial charge in [-0.25, -0.2) is 0 Å². The highest BCUT2D eigenvalue weighted by atomic mass is 14.5. The molecule has 1 nitrogen and oxygen atoms in total. The second-order valence-electron chi connectivity index (χ2n) is 2.02. The average molecular weight is 137 g/mol. The lowest BCUT2D eigenvalue weighted by molar-refractivity contribution is 0.973. The Balaban J connectivity index is 3.96. The van der Waals surface area contributed by atoms with Crippen LogP contribution in [0.25, 0.3) is 0 Å². The molecule has 2 N–H and O–H groups in total. The van der Waals surface area contributed by atoms with Gasteiger partial charge in [-0.1, -0.05) is 30.9 Å². The van der Waals surface area contributed by atoms with Crippen molar-refractivity contribution in [1.29, 1.82) is 0 Å². The lowest BCUT2D eigenvalue weighted by Crippen LogP contribution is -1.98. The Hall–Kier alpha value is -0.820. The van der Waals surface area contributed by atoms with E-state index in [0.717, 1.165) is 6.42 Å². The van der Waals surface area contributed by atoms with Crippen LogP contribution in [-0.2, 0) is 0 Å². The molecular formula is C9H15N. The maximum atomic E-state index is 5.38. The van der Waals surface area contributed by atoms with Crippen LogP contribution in [0, 0.1) is 0 Å². The van der Waals surface area contributed by atoms with E-state index in [2.05, 4.69) is 12.7 Å². The molecule has 0 aliphatic carbocycles. The first-order valence-corrected chi connectivity index (χ1v) is 3.49. The fraction of sp³-hybridized carbons (Fsp3) is 0.333. The molecule has 1 heteroatoms. The second-order valence-corrected chi connectivity index (χ2v) is 2.02. The first kappa shape index (κ1) is 9.18. The quantitative estimate of drug-likeness (QED) is 0.589. The molecule has 0 bridgehead atoms. The summed E-state index contributed by atoms with van der Waals surface area (Å²) < 4.78 is 0. The van der Waals surface area contributed by atoms with Crippen molar-refractivity contribution < 1.29 is 0 Å². The summed E-state index contributed by atoms with van der Waals surface area (Å²) in [5.74, 6) is 0. The molecule has 0 aromatic heterocycles. The topological polar surface area (TPSA) is 26.0 Å². The molecule has 0 spiro atoms. The Morgan fingerprint density at radius 2 is 2.30 bits per heavy atom. The number of allylic oxidation sites excluding steroid dienone is 4. The van der Waals surface area contributed by atoms with Crippen molar-refractivity contribution >= 4 is 0 Å². The zero-order chi connectivity index (χ0) is 7.82. The third-order valence-electron chi connectivity index (χ3n) is 1.15. The van der Waals surface area contributed by atoms with Gasteiger partial charge in [-0.3, -0.25) is 0 Å². The third kappa shape index (κ3) is 4.10. The molecule has 0 amide bonds. The van der Waals surface area contributed by atoms with Gasteiger partial charge in [0.05, 0.1) is 0 Å². The molecule has 0 atom stereocenters. The molecule has 0 heterocycles. The van der Waals surface area contributed by atoms with E-state index in [-0.39, 0.29) is 0 Å². The number of nitrogens with two attached hydrogens (primary N) is 1. The maximum Gasteiger partial charge on any atom is -0.00367 e. The molecular weight excluding hydrogens is 122 g/mol. The molecule has 0 aromatic carbocycles. The van der Waals surface area contributed by atoms with Crippen molar-refractivity contribution in [3.8, 4) is 0 Å². The van der Waals surface area contributed by atoms with Crippen LogP contribution in [0.15, 0.2) is 36.5 Å². The van der Waals surface area contributed by atoms with Gasteiger partial charge in [0.1, 0.15) is 0 Å². The Morgan fingerprint density at radius 3 is 2.70 bits per heavy atom. The van der Waals surface area contributed by atoms with E-state index in [1.54, 1.807) is 6.08 Å². The van der Waals surface area contributed by atoms with Gasteiger partial charge >= 0.3 is 0 Å². The minimum Gasteiger partial charge on any atom is -0.330 e. The molecule has 0 saturated heterocycles. The minimum atomic E-state index is 0.698. The highest BCUT2D eigenvalue weighted by Gasteiger charge is 1.85. The second kappa shape index (κ2) is 6.30. The molecule has 0 rings (SSSR count). The van der Waals surface area contributed by atoms with E-state index in [4.69, 9.17) is 5.73 Å². The van der Waals surface area contributed by atoms with E-state index >= 15 is 0 Å². The zero-order valence-electron chi connectivity index (χ0n) is 6.51. The van der Waals surface area contributed by atoms with Gasteiger partial charge in [-0.2, -0.15) is 0 Å². The lowest BCUT2D eigenvalue weighted by Gasteiger charge is -1.95. The molecule has 0 unspecified atom stereocenters. The van der Waals surface area contributed by atoms with Crippen LogP contribution in [0.2, 0.25) is 0 Å². The fourth-order valence-corrected chi connectivity index (χ4v) is 0.754. The highest BCUT2D eigenvalue weighted by Crippen LogP contribution is 2.01. The SMILES string of the molecule is C=C/C=C(\C=C/C)CCN. The van der Waals surface area contributed by atoms with Crippen molar-refractivity contribution in [2.24, 2.45) is 5.73 Å². The van der Waals surface area contributed by atoms with E-state index in [1.165, 1.54) is 5.57 Å². The smallest absolute Gasteiger partial charge is 0.00367 e. The number of hydrogen-bond acceptors (Lipinski definition) is 1. The number of rotatable bonds is 4. The van der Waals surface area contributed by atoms with Gasteiger partial charge in [0.2, 0.25) is 0 Å². The highest BCUT2D eigenvalue weighted by molar-refractivity contribution is 5.22. The van der Waals surface area contributed by atoms with E-state index < -0.39 is 0 Å². The summed E-state index contributed by atoms with van der Waals surface area (Å²) in [7, 11) is 0. The largest absolute Gasteiger partial charge is 0.330 e. The Labute approximate surface area is 62.9 Å². The first-order chi connectivity index (χ1) is 4.85. The Bertz CT molecular complexity index is 143. The number of hydrogen-bond donors (Lipinski definition) is 1. The summed E-state index contributed by atoms with van der Waals surface area (Å²) in [6.07, 6.45) is 8.74. The van der Waals surface area contributed by atoms with Gasteiger partial charge in [0, 0.05) is 0 Å². The molecule has 0 radical (unpaired) electrons. The Kier molecular flexibility index (Phi) is 5.79. The van der Waals surface area contributed by atoms with Gasteiger partial charge in [0.25, 0.3) is 0 Å². The summed E-state index contributed by atoms with van der Waals surface area (Å²) in [6.45, 7) is 6.31. The zero-order valence-corrected chi connectivity index (χ0v) is 6.51. The Morgan fingerprint density at radius 1 is 1.60 bits per heavy atom. The van der Waals surface area contributed by atoms with Gasteiger partial charge in [-0.15, -0.1) is 0 Å². The predicted molar refractivity (Wildman–Crippen MR) is 46.8 cm³/mol. The van der Waals surface area contributed by atoms with E-state index in [9.17, 15) is 0 Å². The molecule has 0 saturated carbocycles. The van der Waals surface area contributed by atoms with Crippen molar-refractivity contribution in [3.05, 3.63) is 36.5 Å². The van der Waals surface area contributed by atoms with Crippen molar-refractivity contribution in [2.75, 3.05) is 6.54 Å². The molecule has 56 valence electrons. The fourth-order valence-electron chi connectivity index (χ4n) is 0.754. The summed E-state index contributed by atoms with van der Waals surface area (Å²) in [6, 6.07) is 0. The van der Waals surface area contributed by atoms with Crippen LogP contribution in [0.3, 0.4) is 0 Å². The molecule has 0 fully saturated rings. The van der Waals surface area contributed by atoms with Crippen molar-refractivity contribution in [1.82, 2.24) is 0 Å². The molecule has 10 heavy (non-hydrogen) atoms. The summed E-state index contributed by atoms with van der Waals surface area (Å²) in [5, 5.41) is 0. The van der Waals surface area contributed by atoms with Crippen molar-refractivity contribution in [3.63, 3.8) is 0 Å². The normalized spacial score (nSPS) is 12.4. The van der Waals surface area contributed by atoms with Gasteiger partial charge in [0.15, 0.2) is 0 Å². The monoisotopic (exact) mass is 137 g/mol. The molecule has 0 aliphatic heterocycles. The summed E-state index contributed by atoms with van der Waals surface area (Å²) in [5.41, 5.74) is 6.62. The van der Waals surface area contributed by atoms with Crippen LogP contribution >= 0.6 is 0 Å². The maximum absolute atomic E-state index is 5.38.